The molecule has 1 aliphatic heterocycles. The van der Waals surface area contributed by atoms with Crippen molar-refractivity contribution < 1.29 is 5.11 Å². The molecule has 0 bridgehead atoms. The third-order valence-corrected chi connectivity index (χ3v) is 3.99. The van der Waals surface area contributed by atoms with Crippen molar-refractivity contribution in [1.82, 2.24) is 4.98 Å². The number of hydrogen-bond donors (Lipinski definition) is 1. The SMILES string of the molecule is Cc1cccnc1N1CCC(O)(C(C)C)CC1. The molecule has 1 saturated heterocycles. The van der Waals surface area contributed by atoms with Gasteiger partial charge in [0.15, 0.2) is 0 Å². The van der Waals surface area contributed by atoms with E-state index >= 15 is 0 Å². The molecule has 0 amide bonds. The Bertz CT molecular complexity index is 382. The van der Waals surface area contributed by atoms with Crippen LogP contribution in [-0.4, -0.2) is 28.8 Å². The number of aliphatic hydroxyl groups is 1. The lowest BCUT2D eigenvalue weighted by molar-refractivity contribution is -0.0263. The summed E-state index contributed by atoms with van der Waals surface area (Å²) in [5.74, 6) is 1.40. The summed E-state index contributed by atoms with van der Waals surface area (Å²) >= 11 is 0. The van der Waals surface area contributed by atoms with Crippen molar-refractivity contribution in [1.29, 1.82) is 0 Å². The van der Waals surface area contributed by atoms with Crippen LogP contribution in [0.1, 0.15) is 32.3 Å². The zero-order chi connectivity index (χ0) is 12.5. The van der Waals surface area contributed by atoms with E-state index in [2.05, 4.69) is 36.7 Å². The number of anilines is 1. The summed E-state index contributed by atoms with van der Waals surface area (Å²) in [5.41, 5.74) is 0.724. The first kappa shape index (κ1) is 12.4. The molecule has 1 aromatic rings. The largest absolute Gasteiger partial charge is 0.389 e. The zero-order valence-electron chi connectivity index (χ0n) is 11.0. The van der Waals surface area contributed by atoms with Crippen LogP contribution in [-0.2, 0) is 0 Å². The second kappa shape index (κ2) is 4.65. The van der Waals surface area contributed by atoms with Crippen molar-refractivity contribution in [3.8, 4) is 0 Å². The third-order valence-electron chi connectivity index (χ3n) is 3.99. The molecule has 1 N–H and O–H groups in total. The normalized spacial score (nSPS) is 19.7. The van der Waals surface area contributed by atoms with Crippen LogP contribution in [0.15, 0.2) is 18.3 Å². The van der Waals surface area contributed by atoms with E-state index in [1.165, 1.54) is 5.56 Å². The van der Waals surface area contributed by atoms with Crippen molar-refractivity contribution >= 4 is 5.82 Å². The molecule has 2 rings (SSSR count). The summed E-state index contributed by atoms with van der Waals surface area (Å²) < 4.78 is 0. The Labute approximate surface area is 103 Å². The molecule has 3 heteroatoms. The molecule has 0 spiro atoms. The molecular weight excluding hydrogens is 212 g/mol. The first-order valence-corrected chi connectivity index (χ1v) is 6.42. The molecule has 0 atom stereocenters. The first-order chi connectivity index (χ1) is 8.03. The van der Waals surface area contributed by atoms with E-state index in [1.54, 1.807) is 0 Å². The maximum atomic E-state index is 10.4. The second-order valence-electron chi connectivity index (χ2n) is 5.39. The predicted octanol–water partition coefficient (Wildman–Crippen LogP) is 2.38. The zero-order valence-corrected chi connectivity index (χ0v) is 11.0. The Kier molecular flexibility index (Phi) is 3.38. The number of hydrogen-bond acceptors (Lipinski definition) is 3. The highest BCUT2D eigenvalue weighted by Crippen LogP contribution is 2.31. The molecule has 1 fully saturated rings. The number of aromatic nitrogens is 1. The summed E-state index contributed by atoms with van der Waals surface area (Å²) in [6.45, 7) is 8.08. The third kappa shape index (κ3) is 2.44. The van der Waals surface area contributed by atoms with Crippen molar-refractivity contribution in [2.45, 2.75) is 39.2 Å². The number of piperidine rings is 1. The maximum absolute atomic E-state index is 10.4. The summed E-state index contributed by atoms with van der Waals surface area (Å²) in [4.78, 5) is 6.72. The van der Waals surface area contributed by atoms with Crippen LogP contribution in [0.5, 0.6) is 0 Å². The minimum Gasteiger partial charge on any atom is -0.389 e. The summed E-state index contributed by atoms with van der Waals surface area (Å²) in [6.07, 6.45) is 3.51. The van der Waals surface area contributed by atoms with E-state index in [-0.39, 0.29) is 0 Å². The molecule has 0 radical (unpaired) electrons. The summed E-state index contributed by atoms with van der Waals surface area (Å²) in [6, 6.07) is 4.05. The van der Waals surface area contributed by atoms with Gasteiger partial charge in [0.25, 0.3) is 0 Å². The number of nitrogens with zero attached hydrogens (tertiary/aromatic N) is 2. The van der Waals surface area contributed by atoms with Gasteiger partial charge in [0.05, 0.1) is 5.60 Å². The molecule has 1 aliphatic rings. The fourth-order valence-corrected chi connectivity index (χ4v) is 2.49. The van der Waals surface area contributed by atoms with Crippen molar-refractivity contribution in [2.75, 3.05) is 18.0 Å². The van der Waals surface area contributed by atoms with Crippen LogP contribution in [0.3, 0.4) is 0 Å². The Hall–Kier alpha value is -1.09. The second-order valence-corrected chi connectivity index (χ2v) is 5.39. The Morgan fingerprint density at radius 2 is 2.00 bits per heavy atom. The molecule has 2 heterocycles. The van der Waals surface area contributed by atoms with Crippen LogP contribution < -0.4 is 4.90 Å². The van der Waals surface area contributed by atoms with Crippen LogP contribution in [0.25, 0.3) is 0 Å². The number of rotatable bonds is 2. The van der Waals surface area contributed by atoms with Gasteiger partial charge in [-0.3, -0.25) is 0 Å². The molecule has 1 aromatic heterocycles. The van der Waals surface area contributed by atoms with E-state index in [9.17, 15) is 5.11 Å². The Morgan fingerprint density at radius 3 is 2.53 bits per heavy atom. The van der Waals surface area contributed by atoms with Gasteiger partial charge < -0.3 is 10.0 Å². The first-order valence-electron chi connectivity index (χ1n) is 6.42. The van der Waals surface area contributed by atoms with Crippen LogP contribution in [0.2, 0.25) is 0 Å². The average Bonchev–Trinajstić information content (AvgIpc) is 2.31. The molecule has 0 unspecified atom stereocenters. The monoisotopic (exact) mass is 234 g/mol. The number of pyridine rings is 1. The highest BCUT2D eigenvalue weighted by atomic mass is 16.3. The Balaban J connectivity index is 2.07. The lowest BCUT2D eigenvalue weighted by Crippen LogP contribution is -2.47. The Morgan fingerprint density at radius 1 is 1.35 bits per heavy atom. The average molecular weight is 234 g/mol. The lowest BCUT2D eigenvalue weighted by Gasteiger charge is -2.41. The van der Waals surface area contributed by atoms with Crippen molar-refractivity contribution in [2.24, 2.45) is 5.92 Å². The minimum atomic E-state index is -0.487. The van der Waals surface area contributed by atoms with Crippen molar-refractivity contribution in [3.63, 3.8) is 0 Å². The minimum absolute atomic E-state index is 0.328. The topological polar surface area (TPSA) is 36.4 Å². The van der Waals surface area contributed by atoms with Gasteiger partial charge in [0, 0.05) is 19.3 Å². The lowest BCUT2D eigenvalue weighted by atomic mass is 9.81. The van der Waals surface area contributed by atoms with Crippen molar-refractivity contribution in [3.05, 3.63) is 23.9 Å². The molecule has 17 heavy (non-hydrogen) atoms. The van der Waals surface area contributed by atoms with E-state index in [4.69, 9.17) is 0 Å². The highest BCUT2D eigenvalue weighted by molar-refractivity contribution is 5.46. The van der Waals surface area contributed by atoms with Gasteiger partial charge in [-0.2, -0.15) is 0 Å². The van der Waals surface area contributed by atoms with E-state index < -0.39 is 5.60 Å². The van der Waals surface area contributed by atoms with Gasteiger partial charge in [0.1, 0.15) is 5.82 Å². The van der Waals surface area contributed by atoms with Gasteiger partial charge in [-0.05, 0) is 37.3 Å². The van der Waals surface area contributed by atoms with E-state index in [0.29, 0.717) is 5.92 Å². The molecular formula is C14H22N2O. The maximum Gasteiger partial charge on any atom is 0.131 e. The predicted molar refractivity (Wildman–Crippen MR) is 70.2 cm³/mol. The standard InChI is InChI=1S/C14H22N2O/c1-11(2)14(17)6-9-16(10-7-14)13-12(3)5-4-8-15-13/h4-5,8,11,17H,6-7,9-10H2,1-3H3. The number of aryl methyl sites for hydroxylation is 1. The summed E-state index contributed by atoms with van der Waals surface area (Å²) in [7, 11) is 0. The quantitative estimate of drug-likeness (QED) is 0.853. The molecule has 94 valence electrons. The van der Waals surface area contributed by atoms with E-state index in [1.807, 2.05) is 12.3 Å². The fraction of sp³-hybridized carbons (Fsp3) is 0.643. The molecule has 0 aromatic carbocycles. The van der Waals surface area contributed by atoms with Gasteiger partial charge >= 0.3 is 0 Å². The van der Waals surface area contributed by atoms with E-state index in [0.717, 1.165) is 31.7 Å². The van der Waals surface area contributed by atoms with Crippen LogP contribution >= 0.6 is 0 Å². The molecule has 0 saturated carbocycles. The van der Waals surface area contributed by atoms with Gasteiger partial charge in [0.2, 0.25) is 0 Å². The fourth-order valence-electron chi connectivity index (χ4n) is 2.49. The molecule has 0 aliphatic carbocycles. The van der Waals surface area contributed by atoms with Crippen LogP contribution in [0.4, 0.5) is 5.82 Å². The summed E-state index contributed by atoms with van der Waals surface area (Å²) in [5, 5.41) is 10.4. The highest BCUT2D eigenvalue weighted by Gasteiger charge is 2.35. The van der Waals surface area contributed by atoms with Gasteiger partial charge in [-0.25, -0.2) is 4.98 Å². The smallest absolute Gasteiger partial charge is 0.131 e. The van der Waals surface area contributed by atoms with Gasteiger partial charge in [-0.1, -0.05) is 19.9 Å². The van der Waals surface area contributed by atoms with Crippen LogP contribution in [0, 0.1) is 12.8 Å². The molecule has 3 nitrogen and oxygen atoms in total. The van der Waals surface area contributed by atoms with Gasteiger partial charge in [-0.15, -0.1) is 0 Å².